The molecular formula is C14H15FN2O2S. The number of sulfonamides is 1. The van der Waals surface area contributed by atoms with Crippen LogP contribution in [0.15, 0.2) is 47.4 Å². The van der Waals surface area contributed by atoms with Crippen LogP contribution in [0.25, 0.3) is 4.72 Å². The Labute approximate surface area is 117 Å². The Kier molecular flexibility index (Phi) is 4.06. The maximum Gasteiger partial charge on any atom is 0.124 e. The number of nitrogens with zero attached hydrogens (tertiary/aromatic N) is 1. The summed E-state index contributed by atoms with van der Waals surface area (Å²) in [5.41, 5.74) is 4.80. The quantitative estimate of drug-likeness (QED) is 0.939. The summed E-state index contributed by atoms with van der Waals surface area (Å²) >= 11 is 0. The van der Waals surface area contributed by atoms with Crippen LogP contribution in [0.1, 0.15) is 11.1 Å². The highest BCUT2D eigenvalue weighted by Gasteiger charge is 2.10. The van der Waals surface area contributed by atoms with E-state index in [4.69, 9.17) is 0 Å². The average molecular weight is 294 g/mol. The highest BCUT2D eigenvalue weighted by molar-refractivity contribution is 7.94. The summed E-state index contributed by atoms with van der Waals surface area (Å²) in [5.74, 6) is -0.480. The SMILES string of the molecule is Cc1ccc([N-]S(=O)(=O)c2ccccc2C[NH3+])cc1F. The van der Waals surface area contributed by atoms with Gasteiger partial charge in [0.15, 0.2) is 0 Å². The van der Waals surface area contributed by atoms with E-state index in [1.54, 1.807) is 25.1 Å². The van der Waals surface area contributed by atoms with Gasteiger partial charge in [-0.2, -0.15) is 0 Å². The van der Waals surface area contributed by atoms with E-state index in [1.165, 1.54) is 18.2 Å². The van der Waals surface area contributed by atoms with Gasteiger partial charge in [-0.15, -0.1) is 5.69 Å². The highest BCUT2D eigenvalue weighted by Crippen LogP contribution is 2.30. The summed E-state index contributed by atoms with van der Waals surface area (Å²) in [5, 5.41) is 0. The molecule has 0 aromatic heterocycles. The molecule has 106 valence electrons. The number of halogens is 1. The fourth-order valence-corrected chi connectivity index (χ4v) is 3.03. The number of hydrogen-bond acceptors (Lipinski definition) is 2. The van der Waals surface area contributed by atoms with Gasteiger partial charge in [-0.3, -0.25) is 0 Å². The minimum atomic E-state index is -3.87. The van der Waals surface area contributed by atoms with E-state index >= 15 is 0 Å². The van der Waals surface area contributed by atoms with Crippen molar-refractivity contribution < 1.29 is 18.5 Å². The predicted molar refractivity (Wildman–Crippen MR) is 74.4 cm³/mol. The van der Waals surface area contributed by atoms with Gasteiger partial charge in [0.25, 0.3) is 0 Å². The zero-order chi connectivity index (χ0) is 14.8. The Hall–Kier alpha value is -1.92. The largest absolute Gasteiger partial charge is 0.573 e. The molecule has 2 aromatic carbocycles. The molecule has 4 nitrogen and oxygen atoms in total. The number of aryl methyl sites for hydroxylation is 1. The molecular weight excluding hydrogens is 279 g/mol. The van der Waals surface area contributed by atoms with Crippen molar-refractivity contribution in [1.82, 2.24) is 0 Å². The highest BCUT2D eigenvalue weighted by atomic mass is 32.2. The van der Waals surface area contributed by atoms with Crippen molar-refractivity contribution in [2.45, 2.75) is 18.4 Å². The Balaban J connectivity index is 2.38. The first kappa shape index (κ1) is 14.5. The molecule has 0 aliphatic rings. The standard InChI is InChI=1S/C14H14FN2O2S/c1-10-6-7-12(8-13(10)15)17-20(18,19)14-5-3-2-4-11(14)9-16/h2-8H,9,16H2,1H3/q-1/p+1. The molecule has 0 aliphatic heterocycles. The Morgan fingerprint density at radius 2 is 1.90 bits per heavy atom. The van der Waals surface area contributed by atoms with Crippen LogP contribution < -0.4 is 5.73 Å². The van der Waals surface area contributed by atoms with Crippen LogP contribution >= 0.6 is 0 Å². The molecule has 0 saturated carbocycles. The van der Waals surface area contributed by atoms with E-state index in [9.17, 15) is 12.8 Å². The zero-order valence-electron chi connectivity index (χ0n) is 11.0. The van der Waals surface area contributed by atoms with Crippen molar-refractivity contribution in [2.24, 2.45) is 0 Å². The summed E-state index contributed by atoms with van der Waals surface area (Å²) in [6, 6.07) is 10.6. The average Bonchev–Trinajstić information content (AvgIpc) is 2.42. The maximum absolute atomic E-state index is 13.4. The number of benzene rings is 2. The van der Waals surface area contributed by atoms with Gasteiger partial charge in [0.2, 0.25) is 0 Å². The van der Waals surface area contributed by atoms with Crippen LogP contribution in [0.2, 0.25) is 0 Å². The molecule has 3 N–H and O–H groups in total. The van der Waals surface area contributed by atoms with E-state index in [1.807, 2.05) is 0 Å². The monoisotopic (exact) mass is 294 g/mol. The summed E-state index contributed by atoms with van der Waals surface area (Å²) in [7, 11) is -3.87. The molecule has 6 heteroatoms. The normalized spacial score (nSPS) is 11.3. The first-order valence-corrected chi connectivity index (χ1v) is 7.49. The molecule has 0 bridgehead atoms. The van der Waals surface area contributed by atoms with Gasteiger partial charge in [-0.05, 0) is 24.6 Å². The first-order chi connectivity index (χ1) is 9.44. The molecule has 0 aliphatic carbocycles. The molecule has 0 unspecified atom stereocenters. The molecule has 2 rings (SSSR count). The molecule has 2 aromatic rings. The Bertz CT molecular complexity index is 730. The van der Waals surface area contributed by atoms with Gasteiger partial charge < -0.3 is 10.5 Å². The first-order valence-electron chi connectivity index (χ1n) is 6.05. The van der Waals surface area contributed by atoms with Crippen LogP contribution in [0.5, 0.6) is 0 Å². The van der Waals surface area contributed by atoms with Gasteiger partial charge in [-0.25, -0.2) is 12.8 Å². The van der Waals surface area contributed by atoms with Crippen molar-refractivity contribution in [1.29, 1.82) is 0 Å². The van der Waals surface area contributed by atoms with Gasteiger partial charge in [0.05, 0.1) is 4.90 Å². The van der Waals surface area contributed by atoms with Gasteiger partial charge >= 0.3 is 0 Å². The maximum atomic E-state index is 13.4. The summed E-state index contributed by atoms with van der Waals surface area (Å²) in [6.07, 6.45) is 0. The molecule has 0 amide bonds. The number of hydrogen-bond donors (Lipinski definition) is 1. The lowest BCUT2D eigenvalue weighted by Crippen LogP contribution is -2.47. The molecule has 0 spiro atoms. The second-order valence-corrected chi connectivity index (χ2v) is 5.93. The lowest BCUT2D eigenvalue weighted by molar-refractivity contribution is -0.387. The molecule has 0 fully saturated rings. The number of quaternary nitrogens is 1. The molecule has 20 heavy (non-hydrogen) atoms. The van der Waals surface area contributed by atoms with Crippen molar-refractivity contribution in [3.8, 4) is 0 Å². The Morgan fingerprint density at radius 3 is 2.55 bits per heavy atom. The lowest BCUT2D eigenvalue weighted by atomic mass is 10.2. The minimum absolute atomic E-state index is 0.0759. The third-order valence-corrected chi connectivity index (χ3v) is 4.31. The third-order valence-electron chi connectivity index (χ3n) is 2.90. The minimum Gasteiger partial charge on any atom is -0.573 e. The van der Waals surface area contributed by atoms with Crippen molar-refractivity contribution in [2.75, 3.05) is 0 Å². The van der Waals surface area contributed by atoms with Gasteiger partial charge in [-0.1, -0.05) is 30.3 Å². The van der Waals surface area contributed by atoms with E-state index in [2.05, 4.69) is 10.5 Å². The van der Waals surface area contributed by atoms with E-state index in [-0.39, 0.29) is 10.6 Å². The van der Waals surface area contributed by atoms with Gasteiger partial charge in [0.1, 0.15) is 22.4 Å². The van der Waals surface area contributed by atoms with Crippen LogP contribution in [-0.4, -0.2) is 8.42 Å². The Morgan fingerprint density at radius 1 is 1.20 bits per heavy atom. The predicted octanol–water partition coefficient (Wildman–Crippen LogP) is 2.27. The van der Waals surface area contributed by atoms with Gasteiger partial charge in [0, 0.05) is 5.56 Å². The topological polar surface area (TPSA) is 75.9 Å². The molecule has 0 heterocycles. The van der Waals surface area contributed by atoms with Crippen LogP contribution in [0.4, 0.5) is 10.1 Å². The van der Waals surface area contributed by atoms with Crippen molar-refractivity contribution in [3.63, 3.8) is 0 Å². The smallest absolute Gasteiger partial charge is 0.124 e. The molecule has 0 radical (unpaired) electrons. The zero-order valence-corrected chi connectivity index (χ0v) is 11.8. The van der Waals surface area contributed by atoms with E-state index in [0.29, 0.717) is 17.7 Å². The van der Waals surface area contributed by atoms with Crippen molar-refractivity contribution >= 4 is 15.7 Å². The fraction of sp³-hybridized carbons (Fsp3) is 0.143. The lowest BCUT2D eigenvalue weighted by Gasteiger charge is -2.23. The second kappa shape index (κ2) is 5.60. The molecule has 0 saturated heterocycles. The van der Waals surface area contributed by atoms with Crippen LogP contribution in [0, 0.1) is 12.7 Å². The summed E-state index contributed by atoms with van der Waals surface area (Å²) in [4.78, 5) is 0.107. The molecule has 0 atom stereocenters. The number of rotatable bonds is 4. The summed E-state index contributed by atoms with van der Waals surface area (Å²) < 4.78 is 41.6. The second-order valence-electron chi connectivity index (χ2n) is 4.36. The van der Waals surface area contributed by atoms with Crippen molar-refractivity contribution in [3.05, 3.63) is 64.1 Å². The fourth-order valence-electron chi connectivity index (χ4n) is 1.79. The van der Waals surface area contributed by atoms with Crippen LogP contribution in [-0.2, 0) is 16.6 Å². The van der Waals surface area contributed by atoms with E-state index < -0.39 is 15.8 Å². The summed E-state index contributed by atoms with van der Waals surface area (Å²) in [6.45, 7) is 1.94. The third kappa shape index (κ3) is 2.97. The van der Waals surface area contributed by atoms with E-state index in [0.717, 1.165) is 6.07 Å². The van der Waals surface area contributed by atoms with Crippen LogP contribution in [0.3, 0.4) is 0 Å².